The molecule has 0 fully saturated rings. The molecule has 1 heterocycles. The lowest BCUT2D eigenvalue weighted by atomic mass is 10.2. The first-order valence-electron chi connectivity index (χ1n) is 7.59. The average molecular weight is 405 g/mol. The second kappa shape index (κ2) is 8.36. The first-order chi connectivity index (χ1) is 12.5. The number of anilines is 1. The van der Waals surface area contributed by atoms with E-state index in [-0.39, 0.29) is 5.91 Å². The summed E-state index contributed by atoms with van der Waals surface area (Å²) in [7, 11) is 1.62. The van der Waals surface area contributed by atoms with Crippen LogP contribution in [0.5, 0.6) is 5.75 Å². The largest absolute Gasteiger partial charge is 0.497 e. The molecule has 0 radical (unpaired) electrons. The van der Waals surface area contributed by atoms with Crippen molar-refractivity contribution in [3.05, 3.63) is 69.5 Å². The standard InChI is InChI=1S/C19H14Cl2N2O2S/c1-25-15-4-2-3-13(9-15)17-11-26-19(22-17)23-18(24)8-6-12-5-7-14(20)10-16(12)21/h2-11H,1H3,(H,22,23,24). The number of hydrogen-bond donors (Lipinski definition) is 1. The summed E-state index contributed by atoms with van der Waals surface area (Å²) in [4.78, 5) is 16.5. The number of ether oxygens (including phenoxy) is 1. The van der Waals surface area contributed by atoms with E-state index in [9.17, 15) is 4.79 Å². The van der Waals surface area contributed by atoms with Crippen LogP contribution in [0, 0.1) is 0 Å². The summed E-state index contributed by atoms with van der Waals surface area (Å²) in [5, 5.41) is 6.16. The summed E-state index contributed by atoms with van der Waals surface area (Å²) in [5.74, 6) is 0.464. The third-order valence-corrected chi connectivity index (χ3v) is 4.80. The van der Waals surface area contributed by atoms with Gasteiger partial charge in [-0.2, -0.15) is 0 Å². The van der Waals surface area contributed by atoms with Crippen LogP contribution < -0.4 is 10.1 Å². The van der Waals surface area contributed by atoms with Gasteiger partial charge in [0.2, 0.25) is 5.91 Å². The minimum atomic E-state index is -0.289. The highest BCUT2D eigenvalue weighted by molar-refractivity contribution is 7.14. The topological polar surface area (TPSA) is 51.2 Å². The summed E-state index contributed by atoms with van der Waals surface area (Å²) >= 11 is 13.3. The number of thiazole rings is 1. The van der Waals surface area contributed by atoms with Crippen molar-refractivity contribution < 1.29 is 9.53 Å². The summed E-state index contributed by atoms with van der Waals surface area (Å²) in [6.45, 7) is 0. The number of amides is 1. The Bertz CT molecular complexity index is 970. The Morgan fingerprint density at radius 3 is 2.85 bits per heavy atom. The second-order valence-electron chi connectivity index (χ2n) is 5.26. The zero-order chi connectivity index (χ0) is 18.5. The molecule has 0 saturated carbocycles. The highest BCUT2D eigenvalue weighted by Crippen LogP contribution is 2.27. The van der Waals surface area contributed by atoms with E-state index in [0.29, 0.717) is 20.7 Å². The zero-order valence-electron chi connectivity index (χ0n) is 13.7. The maximum absolute atomic E-state index is 12.1. The Labute approximate surface area is 165 Å². The number of carbonyl (C=O) groups is 1. The normalized spacial score (nSPS) is 10.9. The van der Waals surface area contributed by atoms with Gasteiger partial charge in [-0.3, -0.25) is 10.1 Å². The van der Waals surface area contributed by atoms with Crippen LogP contribution in [-0.2, 0) is 4.79 Å². The van der Waals surface area contributed by atoms with Gasteiger partial charge in [-0.05, 0) is 35.9 Å². The molecule has 0 aliphatic carbocycles. The Kier molecular flexibility index (Phi) is 5.93. The molecule has 0 unspecified atom stereocenters. The van der Waals surface area contributed by atoms with Gasteiger partial charge >= 0.3 is 0 Å². The molecule has 0 spiro atoms. The number of aromatic nitrogens is 1. The molecule has 0 bridgehead atoms. The molecular formula is C19H14Cl2N2O2S. The van der Waals surface area contributed by atoms with Crippen molar-refractivity contribution in [2.75, 3.05) is 12.4 Å². The molecule has 26 heavy (non-hydrogen) atoms. The molecule has 1 amide bonds. The highest BCUT2D eigenvalue weighted by atomic mass is 35.5. The van der Waals surface area contributed by atoms with E-state index < -0.39 is 0 Å². The van der Waals surface area contributed by atoms with Crippen molar-refractivity contribution in [3.63, 3.8) is 0 Å². The van der Waals surface area contributed by atoms with Gasteiger partial charge in [0.15, 0.2) is 5.13 Å². The number of hydrogen-bond acceptors (Lipinski definition) is 4. The summed E-state index contributed by atoms with van der Waals surface area (Å²) in [6, 6.07) is 12.7. The fourth-order valence-corrected chi connectivity index (χ4v) is 3.39. The van der Waals surface area contributed by atoms with Gasteiger partial charge in [0.1, 0.15) is 5.75 Å². The Balaban J connectivity index is 1.68. The van der Waals surface area contributed by atoms with Crippen molar-refractivity contribution in [1.29, 1.82) is 0 Å². The van der Waals surface area contributed by atoms with Crippen LogP contribution in [0.1, 0.15) is 5.56 Å². The van der Waals surface area contributed by atoms with E-state index in [0.717, 1.165) is 17.0 Å². The van der Waals surface area contributed by atoms with E-state index in [2.05, 4.69) is 10.3 Å². The summed E-state index contributed by atoms with van der Waals surface area (Å²) in [5.41, 5.74) is 2.40. The molecule has 3 rings (SSSR count). The van der Waals surface area contributed by atoms with E-state index >= 15 is 0 Å². The molecule has 3 aromatic rings. The summed E-state index contributed by atoms with van der Waals surface area (Å²) in [6.07, 6.45) is 3.03. The molecule has 0 aliphatic heterocycles. The minimum Gasteiger partial charge on any atom is -0.497 e. The highest BCUT2D eigenvalue weighted by Gasteiger charge is 2.07. The number of halogens is 2. The molecule has 4 nitrogen and oxygen atoms in total. The molecule has 0 atom stereocenters. The lowest BCUT2D eigenvalue weighted by Gasteiger charge is -2.01. The third kappa shape index (κ3) is 4.64. The van der Waals surface area contributed by atoms with E-state index in [1.165, 1.54) is 17.4 Å². The van der Waals surface area contributed by atoms with Crippen LogP contribution in [0.15, 0.2) is 53.9 Å². The number of rotatable bonds is 5. The van der Waals surface area contributed by atoms with Gasteiger partial charge in [0.05, 0.1) is 12.8 Å². The van der Waals surface area contributed by atoms with Gasteiger partial charge in [-0.15, -0.1) is 11.3 Å². The predicted octanol–water partition coefficient (Wildman–Crippen LogP) is 5.78. The number of nitrogens with one attached hydrogen (secondary N) is 1. The first kappa shape index (κ1) is 18.5. The molecule has 1 N–H and O–H groups in total. The zero-order valence-corrected chi connectivity index (χ0v) is 16.0. The number of nitrogens with zero attached hydrogens (tertiary/aromatic N) is 1. The maximum Gasteiger partial charge on any atom is 0.250 e. The van der Waals surface area contributed by atoms with E-state index in [4.69, 9.17) is 27.9 Å². The molecular weight excluding hydrogens is 391 g/mol. The molecule has 1 aromatic heterocycles. The number of carbonyl (C=O) groups excluding carboxylic acids is 1. The summed E-state index contributed by atoms with van der Waals surface area (Å²) < 4.78 is 5.22. The second-order valence-corrected chi connectivity index (χ2v) is 6.96. The van der Waals surface area contributed by atoms with Crippen LogP contribution in [0.2, 0.25) is 10.0 Å². The van der Waals surface area contributed by atoms with Crippen LogP contribution in [0.25, 0.3) is 17.3 Å². The number of methoxy groups -OCH3 is 1. The van der Waals surface area contributed by atoms with Crippen molar-refractivity contribution >= 4 is 51.7 Å². The monoisotopic (exact) mass is 404 g/mol. The van der Waals surface area contributed by atoms with E-state index in [1.54, 1.807) is 31.4 Å². The van der Waals surface area contributed by atoms with Gasteiger partial charge < -0.3 is 4.74 Å². The Hall–Kier alpha value is -2.34. The van der Waals surface area contributed by atoms with Gasteiger partial charge in [-0.25, -0.2) is 4.98 Å². The van der Waals surface area contributed by atoms with Crippen molar-refractivity contribution in [3.8, 4) is 17.0 Å². The predicted molar refractivity (Wildman–Crippen MR) is 108 cm³/mol. The van der Waals surface area contributed by atoms with Crippen LogP contribution in [0.4, 0.5) is 5.13 Å². The lowest BCUT2D eigenvalue weighted by Crippen LogP contribution is -2.07. The quantitative estimate of drug-likeness (QED) is 0.548. The fraction of sp³-hybridized carbons (Fsp3) is 0.0526. The lowest BCUT2D eigenvalue weighted by molar-refractivity contribution is -0.111. The smallest absolute Gasteiger partial charge is 0.250 e. The Morgan fingerprint density at radius 1 is 1.23 bits per heavy atom. The first-order valence-corrected chi connectivity index (χ1v) is 9.23. The van der Waals surface area contributed by atoms with Crippen molar-refractivity contribution in [2.24, 2.45) is 0 Å². The van der Waals surface area contributed by atoms with Crippen LogP contribution >= 0.6 is 34.5 Å². The van der Waals surface area contributed by atoms with Gasteiger partial charge in [0.25, 0.3) is 0 Å². The van der Waals surface area contributed by atoms with E-state index in [1.807, 2.05) is 29.6 Å². The molecule has 2 aromatic carbocycles. The fourth-order valence-electron chi connectivity index (χ4n) is 2.20. The SMILES string of the molecule is COc1cccc(-c2csc(NC(=O)C=Cc3ccc(Cl)cc3Cl)n2)c1. The van der Waals surface area contributed by atoms with Gasteiger partial charge in [0, 0.05) is 27.1 Å². The third-order valence-electron chi connectivity index (χ3n) is 3.48. The molecule has 132 valence electrons. The minimum absolute atomic E-state index is 0.289. The molecule has 7 heteroatoms. The van der Waals surface area contributed by atoms with Crippen molar-refractivity contribution in [2.45, 2.75) is 0 Å². The molecule has 0 aliphatic rings. The molecule has 0 saturated heterocycles. The van der Waals surface area contributed by atoms with Gasteiger partial charge in [-0.1, -0.05) is 41.4 Å². The maximum atomic E-state index is 12.1. The number of benzene rings is 2. The average Bonchev–Trinajstić information content (AvgIpc) is 3.09. The van der Waals surface area contributed by atoms with Crippen molar-refractivity contribution in [1.82, 2.24) is 4.98 Å². The van der Waals surface area contributed by atoms with Crippen LogP contribution in [0.3, 0.4) is 0 Å². The van der Waals surface area contributed by atoms with Crippen LogP contribution in [-0.4, -0.2) is 18.0 Å². The Morgan fingerprint density at radius 2 is 2.08 bits per heavy atom.